The molecule has 0 bridgehead atoms. The zero-order valence-corrected chi connectivity index (χ0v) is 18.1. The lowest BCUT2D eigenvalue weighted by Crippen LogP contribution is -2.42. The maximum atomic E-state index is 13.0. The number of ether oxygens (including phenoxy) is 1. The number of carbonyl (C=O) groups excluding carboxylic acids is 1. The molecular weight excluding hydrogens is 412 g/mol. The largest absolute Gasteiger partial charge is 0.495 e. The average Bonchev–Trinajstić information content (AvgIpc) is 2.73. The second-order valence-corrected chi connectivity index (χ2v) is 9.33. The second-order valence-electron chi connectivity index (χ2n) is 7.16. The van der Waals surface area contributed by atoms with Crippen LogP contribution in [0.3, 0.4) is 0 Å². The van der Waals surface area contributed by atoms with E-state index in [1.807, 2.05) is 11.8 Å². The van der Waals surface area contributed by atoms with Gasteiger partial charge in [-0.3, -0.25) is 4.79 Å². The molecule has 0 aliphatic carbocycles. The van der Waals surface area contributed by atoms with Crippen LogP contribution in [-0.4, -0.2) is 38.9 Å². The van der Waals surface area contributed by atoms with Crippen molar-refractivity contribution in [2.45, 2.75) is 43.7 Å². The maximum Gasteiger partial charge on any atom is 0.254 e. The molecule has 1 aliphatic heterocycles. The van der Waals surface area contributed by atoms with Crippen LogP contribution in [0, 0.1) is 0 Å². The van der Waals surface area contributed by atoms with Gasteiger partial charge in [0.2, 0.25) is 10.0 Å². The second kappa shape index (κ2) is 9.15. The summed E-state index contributed by atoms with van der Waals surface area (Å²) in [4.78, 5) is 14.7. The van der Waals surface area contributed by atoms with Gasteiger partial charge < -0.3 is 9.64 Å². The third kappa shape index (κ3) is 5.10. The summed E-state index contributed by atoms with van der Waals surface area (Å²) in [5.41, 5.74) is 1.11. The van der Waals surface area contributed by atoms with Crippen LogP contribution in [0.1, 0.15) is 42.1 Å². The van der Waals surface area contributed by atoms with Crippen LogP contribution in [-0.2, 0) is 16.6 Å². The standard InChI is InChI=1S/C21H25ClN2O4S/c1-15-5-3-4-12-24(15)21(25)17-8-11-19(28-2)20(13-17)29(26,27)23-14-16-6-9-18(22)10-7-16/h6-11,13,15,23H,3-5,12,14H2,1-2H3. The van der Waals surface area contributed by atoms with Gasteiger partial charge >= 0.3 is 0 Å². The smallest absolute Gasteiger partial charge is 0.254 e. The Hall–Kier alpha value is -2.09. The lowest BCUT2D eigenvalue weighted by atomic mass is 10.0. The molecule has 3 rings (SSSR count). The van der Waals surface area contributed by atoms with E-state index < -0.39 is 10.0 Å². The molecule has 2 aromatic carbocycles. The molecule has 1 aliphatic rings. The zero-order valence-electron chi connectivity index (χ0n) is 16.5. The number of rotatable bonds is 6. The molecule has 156 valence electrons. The van der Waals surface area contributed by atoms with E-state index in [4.69, 9.17) is 16.3 Å². The van der Waals surface area contributed by atoms with E-state index in [2.05, 4.69) is 4.72 Å². The summed E-state index contributed by atoms with van der Waals surface area (Å²) in [6, 6.07) is 11.6. The van der Waals surface area contributed by atoms with Gasteiger partial charge in [0.05, 0.1) is 7.11 Å². The maximum absolute atomic E-state index is 13.0. The predicted octanol–water partition coefficient (Wildman–Crippen LogP) is 3.84. The third-order valence-electron chi connectivity index (χ3n) is 5.14. The Morgan fingerprint density at radius 3 is 2.59 bits per heavy atom. The van der Waals surface area contributed by atoms with Gasteiger partial charge in [-0.15, -0.1) is 0 Å². The fourth-order valence-corrected chi connectivity index (χ4v) is 4.78. The normalized spacial score (nSPS) is 17.2. The first kappa shape index (κ1) is 21.6. The highest BCUT2D eigenvalue weighted by atomic mass is 35.5. The summed E-state index contributed by atoms with van der Waals surface area (Å²) in [7, 11) is -2.49. The van der Waals surface area contributed by atoms with Gasteiger partial charge in [0.15, 0.2) is 0 Å². The molecule has 0 spiro atoms. The van der Waals surface area contributed by atoms with Crippen LogP contribution < -0.4 is 9.46 Å². The number of amides is 1. The first-order chi connectivity index (χ1) is 13.8. The van der Waals surface area contributed by atoms with Crippen molar-refractivity contribution in [1.29, 1.82) is 0 Å². The van der Waals surface area contributed by atoms with Gasteiger partial charge in [0.1, 0.15) is 10.6 Å². The summed E-state index contributed by atoms with van der Waals surface area (Å²) in [5.74, 6) is 0.0332. The molecule has 0 saturated carbocycles. The molecule has 0 aromatic heterocycles. The molecule has 29 heavy (non-hydrogen) atoms. The quantitative estimate of drug-likeness (QED) is 0.746. The Kier molecular flexibility index (Phi) is 6.82. The number of piperidine rings is 1. The highest BCUT2D eigenvalue weighted by Gasteiger charge is 2.27. The Morgan fingerprint density at radius 2 is 1.93 bits per heavy atom. The number of nitrogens with zero attached hydrogens (tertiary/aromatic N) is 1. The van der Waals surface area contributed by atoms with Gasteiger partial charge in [-0.2, -0.15) is 0 Å². The van der Waals surface area contributed by atoms with Gasteiger partial charge in [-0.05, 0) is 62.1 Å². The van der Waals surface area contributed by atoms with E-state index in [0.29, 0.717) is 17.1 Å². The van der Waals surface area contributed by atoms with Crippen molar-refractivity contribution >= 4 is 27.5 Å². The molecule has 0 radical (unpaired) electrons. The fraction of sp³-hybridized carbons (Fsp3) is 0.381. The van der Waals surface area contributed by atoms with E-state index >= 15 is 0 Å². The minimum absolute atomic E-state index is 0.0514. The van der Waals surface area contributed by atoms with Crippen LogP contribution in [0.5, 0.6) is 5.75 Å². The fourth-order valence-electron chi connectivity index (χ4n) is 3.44. The summed E-state index contributed by atoms with van der Waals surface area (Å²) < 4.78 is 33.7. The van der Waals surface area contributed by atoms with Crippen LogP contribution in [0.2, 0.25) is 5.02 Å². The first-order valence-electron chi connectivity index (χ1n) is 9.55. The highest BCUT2D eigenvalue weighted by molar-refractivity contribution is 7.89. The summed E-state index contributed by atoms with van der Waals surface area (Å²) >= 11 is 5.87. The molecular formula is C21H25ClN2O4S. The van der Waals surface area contributed by atoms with E-state index in [1.54, 1.807) is 30.3 Å². The zero-order chi connectivity index (χ0) is 21.0. The number of carbonyl (C=O) groups is 1. The van der Waals surface area contributed by atoms with E-state index in [9.17, 15) is 13.2 Å². The third-order valence-corrected chi connectivity index (χ3v) is 6.82. The number of halogens is 1. The van der Waals surface area contributed by atoms with Crippen LogP contribution in [0.15, 0.2) is 47.4 Å². The van der Waals surface area contributed by atoms with Crippen molar-refractivity contribution in [3.8, 4) is 5.75 Å². The number of benzene rings is 2. The monoisotopic (exact) mass is 436 g/mol. The van der Waals surface area contributed by atoms with Gasteiger partial charge in [0.25, 0.3) is 5.91 Å². The van der Waals surface area contributed by atoms with Crippen molar-refractivity contribution < 1.29 is 17.9 Å². The van der Waals surface area contributed by atoms with Crippen LogP contribution in [0.4, 0.5) is 0 Å². The Morgan fingerprint density at radius 1 is 1.21 bits per heavy atom. The Balaban J connectivity index is 1.85. The lowest BCUT2D eigenvalue weighted by Gasteiger charge is -2.33. The summed E-state index contributed by atoms with van der Waals surface area (Å²) in [5, 5.41) is 0.580. The van der Waals surface area contributed by atoms with E-state index in [0.717, 1.165) is 24.8 Å². The molecule has 1 fully saturated rings. The number of nitrogens with one attached hydrogen (secondary N) is 1. The van der Waals surface area contributed by atoms with Crippen molar-refractivity contribution in [2.75, 3.05) is 13.7 Å². The predicted molar refractivity (Wildman–Crippen MR) is 113 cm³/mol. The van der Waals surface area contributed by atoms with Gasteiger partial charge in [-0.25, -0.2) is 13.1 Å². The molecule has 1 amide bonds. The van der Waals surface area contributed by atoms with Crippen molar-refractivity contribution in [3.63, 3.8) is 0 Å². The number of hydrogen-bond acceptors (Lipinski definition) is 4. The van der Waals surface area contributed by atoms with Crippen molar-refractivity contribution in [1.82, 2.24) is 9.62 Å². The molecule has 6 nitrogen and oxygen atoms in total. The van der Waals surface area contributed by atoms with E-state index in [1.165, 1.54) is 19.2 Å². The number of hydrogen-bond donors (Lipinski definition) is 1. The molecule has 1 unspecified atom stereocenters. The number of sulfonamides is 1. The molecule has 1 saturated heterocycles. The van der Waals surface area contributed by atoms with Crippen LogP contribution >= 0.6 is 11.6 Å². The average molecular weight is 437 g/mol. The Labute approximate surface area is 176 Å². The summed E-state index contributed by atoms with van der Waals surface area (Å²) in [6.45, 7) is 2.80. The van der Waals surface area contributed by atoms with Gasteiger partial charge in [-0.1, -0.05) is 23.7 Å². The molecule has 1 N–H and O–H groups in total. The topological polar surface area (TPSA) is 75.7 Å². The lowest BCUT2D eigenvalue weighted by molar-refractivity contribution is 0.0635. The summed E-state index contributed by atoms with van der Waals surface area (Å²) in [6.07, 6.45) is 3.01. The minimum Gasteiger partial charge on any atom is -0.495 e. The minimum atomic E-state index is -3.89. The molecule has 8 heteroatoms. The first-order valence-corrected chi connectivity index (χ1v) is 11.4. The van der Waals surface area contributed by atoms with Crippen LogP contribution in [0.25, 0.3) is 0 Å². The van der Waals surface area contributed by atoms with Crippen molar-refractivity contribution in [3.05, 3.63) is 58.6 Å². The van der Waals surface area contributed by atoms with Gasteiger partial charge in [0, 0.05) is 29.7 Å². The highest BCUT2D eigenvalue weighted by Crippen LogP contribution is 2.27. The molecule has 1 heterocycles. The number of likely N-dealkylation sites (tertiary alicyclic amines) is 1. The Bertz CT molecular complexity index is 977. The SMILES string of the molecule is COc1ccc(C(=O)N2CCCCC2C)cc1S(=O)(=O)NCc1ccc(Cl)cc1. The van der Waals surface area contributed by atoms with E-state index in [-0.39, 0.29) is 29.1 Å². The number of methoxy groups -OCH3 is 1. The molecule has 2 aromatic rings. The molecule has 1 atom stereocenters. The van der Waals surface area contributed by atoms with Crippen molar-refractivity contribution in [2.24, 2.45) is 0 Å².